The van der Waals surface area contributed by atoms with Crippen molar-refractivity contribution < 1.29 is 4.79 Å². The molecule has 0 spiro atoms. The number of carbonyl (C=O) groups excluding carboxylic acids is 1. The number of thiazole rings is 1. The molecular weight excluding hydrogens is 170 g/mol. The minimum Gasteiger partial charge on any atom is -0.291 e. The molecule has 0 aliphatic carbocycles. The highest BCUT2D eigenvalue weighted by atomic mass is 32.1. The van der Waals surface area contributed by atoms with Gasteiger partial charge in [-0.1, -0.05) is 20.8 Å². The van der Waals surface area contributed by atoms with Crippen molar-refractivity contribution in [3.8, 4) is 0 Å². The average Bonchev–Trinajstić information content (AvgIpc) is 2.32. The predicted octanol–water partition coefficient (Wildman–Crippen LogP) is 2.68. The number of carbonyl (C=O) groups is 1. The third-order valence-corrected chi connectivity index (χ3v) is 2.45. The Bertz CT molecular complexity index is 296. The molecule has 0 atom stereocenters. The molecule has 0 radical (unpaired) electrons. The van der Waals surface area contributed by atoms with Crippen molar-refractivity contribution in [3.63, 3.8) is 0 Å². The van der Waals surface area contributed by atoms with E-state index in [1.165, 1.54) is 11.3 Å². The number of nitrogens with zero attached hydrogens (tertiary/aromatic N) is 1. The summed E-state index contributed by atoms with van der Waals surface area (Å²) < 4.78 is 0. The van der Waals surface area contributed by atoms with Crippen molar-refractivity contribution in [2.45, 2.75) is 27.7 Å². The Kier molecular flexibility index (Phi) is 2.33. The van der Waals surface area contributed by atoms with Gasteiger partial charge in [0.1, 0.15) is 0 Å². The second-order valence-electron chi connectivity index (χ2n) is 3.87. The van der Waals surface area contributed by atoms with E-state index in [9.17, 15) is 4.79 Å². The second kappa shape index (κ2) is 2.98. The van der Waals surface area contributed by atoms with Gasteiger partial charge in [-0.3, -0.25) is 4.79 Å². The number of hydrogen-bond donors (Lipinski definition) is 0. The van der Waals surface area contributed by atoms with Gasteiger partial charge in [0.25, 0.3) is 0 Å². The molecule has 0 aromatic carbocycles. The van der Waals surface area contributed by atoms with Crippen LogP contribution in [0.4, 0.5) is 0 Å². The Morgan fingerprint density at radius 2 is 2.08 bits per heavy atom. The smallest absolute Gasteiger partial charge is 0.196 e. The number of hydrogen-bond acceptors (Lipinski definition) is 3. The molecule has 3 heteroatoms. The van der Waals surface area contributed by atoms with E-state index in [2.05, 4.69) is 4.98 Å². The number of aryl methyl sites for hydroxylation is 1. The summed E-state index contributed by atoms with van der Waals surface area (Å²) in [4.78, 5) is 15.8. The van der Waals surface area contributed by atoms with Crippen molar-refractivity contribution in [1.29, 1.82) is 0 Å². The zero-order chi connectivity index (χ0) is 9.35. The lowest BCUT2D eigenvalue weighted by atomic mass is 9.91. The molecule has 0 aliphatic heterocycles. The van der Waals surface area contributed by atoms with Crippen LogP contribution >= 0.6 is 11.3 Å². The van der Waals surface area contributed by atoms with E-state index in [1.54, 1.807) is 0 Å². The first-order chi connectivity index (χ1) is 5.41. The molecule has 0 aliphatic rings. The van der Waals surface area contributed by atoms with Gasteiger partial charge in [-0.05, 0) is 6.92 Å². The van der Waals surface area contributed by atoms with Crippen LogP contribution in [-0.4, -0.2) is 10.8 Å². The van der Waals surface area contributed by atoms with Crippen LogP contribution in [0, 0.1) is 12.3 Å². The summed E-state index contributed by atoms with van der Waals surface area (Å²) in [5.74, 6) is 0.126. The molecule has 0 N–H and O–H groups in total. The summed E-state index contributed by atoms with van der Waals surface area (Å²) in [6.45, 7) is 7.63. The second-order valence-corrected chi connectivity index (χ2v) is 4.73. The summed E-state index contributed by atoms with van der Waals surface area (Å²) in [7, 11) is 0. The van der Waals surface area contributed by atoms with E-state index >= 15 is 0 Å². The van der Waals surface area contributed by atoms with Crippen molar-refractivity contribution in [2.75, 3.05) is 0 Å². The molecule has 0 amide bonds. The van der Waals surface area contributed by atoms with E-state index < -0.39 is 0 Å². The molecule has 0 saturated carbocycles. The van der Waals surface area contributed by atoms with Crippen molar-refractivity contribution in [2.24, 2.45) is 5.41 Å². The predicted molar refractivity (Wildman–Crippen MR) is 50.6 cm³/mol. The lowest BCUT2D eigenvalue weighted by Gasteiger charge is -2.13. The Morgan fingerprint density at radius 3 is 2.42 bits per heavy atom. The van der Waals surface area contributed by atoms with Crippen molar-refractivity contribution in [3.05, 3.63) is 16.1 Å². The molecule has 0 unspecified atom stereocenters. The fourth-order valence-electron chi connectivity index (χ4n) is 0.779. The van der Waals surface area contributed by atoms with Gasteiger partial charge in [-0.25, -0.2) is 4.98 Å². The quantitative estimate of drug-likeness (QED) is 0.626. The Labute approximate surface area is 76.6 Å². The summed E-state index contributed by atoms with van der Waals surface area (Å²) in [5, 5.41) is 2.53. The molecule has 2 nitrogen and oxygen atoms in total. The average molecular weight is 183 g/mol. The van der Waals surface area contributed by atoms with Crippen LogP contribution < -0.4 is 0 Å². The maximum absolute atomic E-state index is 11.6. The van der Waals surface area contributed by atoms with Gasteiger partial charge in [0.15, 0.2) is 10.8 Å². The SMILES string of the molecule is Cc1csc(C(=O)C(C)(C)C)n1. The zero-order valence-electron chi connectivity index (χ0n) is 7.84. The molecule has 1 rings (SSSR count). The van der Waals surface area contributed by atoms with Crippen LogP contribution in [0.3, 0.4) is 0 Å². The zero-order valence-corrected chi connectivity index (χ0v) is 8.66. The van der Waals surface area contributed by atoms with Gasteiger partial charge in [-0.2, -0.15) is 0 Å². The van der Waals surface area contributed by atoms with Gasteiger partial charge < -0.3 is 0 Å². The van der Waals surface area contributed by atoms with Crippen LogP contribution in [0.15, 0.2) is 5.38 Å². The summed E-state index contributed by atoms with van der Waals surface area (Å²) in [6, 6.07) is 0. The van der Waals surface area contributed by atoms with E-state index in [1.807, 2.05) is 33.1 Å². The highest BCUT2D eigenvalue weighted by Crippen LogP contribution is 2.22. The van der Waals surface area contributed by atoms with Crippen LogP contribution in [0.2, 0.25) is 0 Å². The highest BCUT2D eigenvalue weighted by Gasteiger charge is 2.24. The molecule has 1 aromatic rings. The highest BCUT2D eigenvalue weighted by molar-refractivity contribution is 7.11. The van der Waals surface area contributed by atoms with Crippen LogP contribution in [0.1, 0.15) is 36.3 Å². The van der Waals surface area contributed by atoms with Crippen LogP contribution in [0.5, 0.6) is 0 Å². The Hall–Kier alpha value is -0.700. The molecule has 0 bridgehead atoms. The van der Waals surface area contributed by atoms with Gasteiger partial charge in [0.05, 0.1) is 0 Å². The minimum atomic E-state index is -0.315. The lowest BCUT2D eigenvalue weighted by Crippen LogP contribution is -2.19. The summed E-state index contributed by atoms with van der Waals surface area (Å²) in [6.07, 6.45) is 0. The summed E-state index contributed by atoms with van der Waals surface area (Å²) in [5.41, 5.74) is 0.609. The van der Waals surface area contributed by atoms with Gasteiger partial charge >= 0.3 is 0 Å². The number of rotatable bonds is 1. The van der Waals surface area contributed by atoms with Gasteiger partial charge in [-0.15, -0.1) is 11.3 Å². The molecule has 1 heterocycles. The molecule has 0 saturated heterocycles. The van der Waals surface area contributed by atoms with E-state index in [4.69, 9.17) is 0 Å². The third kappa shape index (κ3) is 1.91. The fourth-order valence-corrected chi connectivity index (χ4v) is 1.72. The fraction of sp³-hybridized carbons (Fsp3) is 0.556. The largest absolute Gasteiger partial charge is 0.291 e. The lowest BCUT2D eigenvalue weighted by molar-refractivity contribution is 0.0858. The molecule has 12 heavy (non-hydrogen) atoms. The first kappa shape index (κ1) is 9.39. The maximum Gasteiger partial charge on any atom is 0.196 e. The van der Waals surface area contributed by atoms with Gasteiger partial charge in [0, 0.05) is 16.5 Å². The van der Waals surface area contributed by atoms with Crippen molar-refractivity contribution >= 4 is 17.1 Å². The summed E-state index contributed by atoms with van der Waals surface area (Å²) >= 11 is 1.42. The topological polar surface area (TPSA) is 30.0 Å². The van der Waals surface area contributed by atoms with Crippen LogP contribution in [-0.2, 0) is 0 Å². The molecular formula is C9H13NOS. The van der Waals surface area contributed by atoms with E-state index in [0.29, 0.717) is 5.01 Å². The monoisotopic (exact) mass is 183 g/mol. The first-order valence-electron chi connectivity index (χ1n) is 3.88. The number of aromatic nitrogens is 1. The Balaban J connectivity index is 2.93. The standard InChI is InChI=1S/C9H13NOS/c1-6-5-12-8(10-6)7(11)9(2,3)4/h5H,1-4H3. The Morgan fingerprint density at radius 1 is 1.50 bits per heavy atom. The molecule has 1 aromatic heterocycles. The number of ketones is 1. The first-order valence-corrected chi connectivity index (χ1v) is 4.76. The minimum absolute atomic E-state index is 0.126. The van der Waals surface area contributed by atoms with E-state index in [-0.39, 0.29) is 11.2 Å². The van der Waals surface area contributed by atoms with E-state index in [0.717, 1.165) is 5.69 Å². The molecule has 66 valence electrons. The van der Waals surface area contributed by atoms with Crippen molar-refractivity contribution in [1.82, 2.24) is 4.98 Å². The number of Topliss-reactive ketones (excluding diaryl/α,β-unsaturated/α-hetero) is 1. The maximum atomic E-state index is 11.6. The van der Waals surface area contributed by atoms with Crippen LogP contribution in [0.25, 0.3) is 0 Å². The molecule has 0 fully saturated rings. The van der Waals surface area contributed by atoms with Gasteiger partial charge in [0.2, 0.25) is 0 Å². The normalized spacial score (nSPS) is 11.7. The third-order valence-electron chi connectivity index (χ3n) is 1.49.